The molecule has 2 N–H and O–H groups in total. The normalized spacial score (nSPS) is 18.6. The zero-order chi connectivity index (χ0) is 19.9. The van der Waals surface area contributed by atoms with Crippen LogP contribution in [0.1, 0.15) is 38.5 Å². The highest BCUT2D eigenvalue weighted by Crippen LogP contribution is 2.29. The van der Waals surface area contributed by atoms with Gasteiger partial charge in [0.25, 0.3) is 0 Å². The lowest BCUT2D eigenvalue weighted by molar-refractivity contribution is -0.136. The highest BCUT2D eigenvalue weighted by molar-refractivity contribution is 6.39. The summed E-state index contributed by atoms with van der Waals surface area (Å²) >= 11 is 0. The largest absolute Gasteiger partial charge is 0.497 e. The van der Waals surface area contributed by atoms with Crippen molar-refractivity contribution in [2.45, 2.75) is 44.6 Å². The number of rotatable bonds is 6. The van der Waals surface area contributed by atoms with Crippen LogP contribution in [0.25, 0.3) is 0 Å². The minimum Gasteiger partial charge on any atom is -0.497 e. The van der Waals surface area contributed by atoms with Crippen LogP contribution in [-0.4, -0.2) is 56.6 Å². The van der Waals surface area contributed by atoms with E-state index in [0.717, 1.165) is 32.0 Å². The van der Waals surface area contributed by atoms with Crippen LogP contribution in [0.5, 0.6) is 11.5 Å². The Balaban J connectivity index is 1.44. The highest BCUT2D eigenvalue weighted by Gasteiger charge is 2.27. The van der Waals surface area contributed by atoms with Gasteiger partial charge in [-0.05, 0) is 56.8 Å². The van der Waals surface area contributed by atoms with E-state index < -0.39 is 11.8 Å². The number of hydrogen-bond acceptors (Lipinski definition) is 5. The fraction of sp³-hybridized carbons (Fsp3) is 0.619. The zero-order valence-corrected chi connectivity index (χ0v) is 16.8. The monoisotopic (exact) mass is 389 g/mol. The molecule has 0 radical (unpaired) electrons. The van der Waals surface area contributed by atoms with Crippen LogP contribution < -0.4 is 20.1 Å². The van der Waals surface area contributed by atoms with Gasteiger partial charge < -0.3 is 25.0 Å². The average molecular weight is 389 g/mol. The molecule has 154 valence electrons. The summed E-state index contributed by atoms with van der Waals surface area (Å²) in [5, 5.41) is 5.38. The number of benzene rings is 1. The molecule has 1 aromatic rings. The van der Waals surface area contributed by atoms with Crippen LogP contribution in [0.4, 0.5) is 5.69 Å². The van der Waals surface area contributed by atoms with Gasteiger partial charge in [0.05, 0.1) is 19.9 Å². The number of carbonyl (C=O) groups is 2. The SMILES string of the molecule is COc1ccc(OC)c(NC(=O)C(=O)NCC2CCN(C3CCCC3)CC2)c1. The second kappa shape index (κ2) is 9.78. The van der Waals surface area contributed by atoms with Gasteiger partial charge in [-0.3, -0.25) is 9.59 Å². The number of ether oxygens (including phenoxy) is 2. The fourth-order valence-electron chi connectivity index (χ4n) is 4.20. The first-order valence-electron chi connectivity index (χ1n) is 10.2. The third kappa shape index (κ3) is 5.16. The smallest absolute Gasteiger partial charge is 0.313 e. The molecular weight excluding hydrogens is 358 g/mol. The summed E-state index contributed by atoms with van der Waals surface area (Å²) in [6.07, 6.45) is 7.51. The van der Waals surface area contributed by atoms with E-state index in [9.17, 15) is 9.59 Å². The van der Waals surface area contributed by atoms with Gasteiger partial charge in [0, 0.05) is 18.7 Å². The van der Waals surface area contributed by atoms with Crippen LogP contribution in [-0.2, 0) is 9.59 Å². The Bertz CT molecular complexity index is 680. The first-order chi connectivity index (χ1) is 13.6. The molecule has 0 bridgehead atoms. The Morgan fingerprint density at radius 3 is 2.39 bits per heavy atom. The van der Waals surface area contributed by atoms with E-state index in [0.29, 0.717) is 29.6 Å². The first-order valence-corrected chi connectivity index (χ1v) is 10.2. The Kier molecular flexibility index (Phi) is 7.14. The quantitative estimate of drug-likeness (QED) is 0.731. The molecule has 2 aliphatic rings. The fourth-order valence-corrected chi connectivity index (χ4v) is 4.20. The van der Waals surface area contributed by atoms with Crippen molar-refractivity contribution in [3.8, 4) is 11.5 Å². The van der Waals surface area contributed by atoms with Crippen molar-refractivity contribution in [3.63, 3.8) is 0 Å². The molecule has 1 saturated heterocycles. The van der Waals surface area contributed by atoms with Gasteiger partial charge in [0.1, 0.15) is 11.5 Å². The summed E-state index contributed by atoms with van der Waals surface area (Å²) in [4.78, 5) is 27.1. The number of hydrogen-bond donors (Lipinski definition) is 2. The number of carbonyl (C=O) groups excluding carboxylic acids is 2. The van der Waals surface area contributed by atoms with Crippen molar-refractivity contribution >= 4 is 17.5 Å². The molecule has 1 aromatic carbocycles. The minimum atomic E-state index is -0.699. The molecule has 7 nitrogen and oxygen atoms in total. The Labute approximate surface area is 166 Å². The molecule has 1 aliphatic heterocycles. The second-order valence-corrected chi connectivity index (χ2v) is 7.65. The number of nitrogens with one attached hydrogen (secondary N) is 2. The standard InChI is InChI=1S/C21H31N3O4/c1-27-17-7-8-19(28-2)18(13-17)23-21(26)20(25)22-14-15-9-11-24(12-10-15)16-5-3-4-6-16/h7-8,13,15-16H,3-6,9-12,14H2,1-2H3,(H,22,25)(H,23,26). The molecule has 0 aromatic heterocycles. The molecule has 1 saturated carbocycles. The molecule has 3 rings (SSSR count). The van der Waals surface area contributed by atoms with Crippen LogP contribution in [0.3, 0.4) is 0 Å². The third-order valence-corrected chi connectivity index (χ3v) is 5.90. The first kappa shape index (κ1) is 20.5. The van der Waals surface area contributed by atoms with Crippen LogP contribution in [0.2, 0.25) is 0 Å². The van der Waals surface area contributed by atoms with Gasteiger partial charge in [-0.15, -0.1) is 0 Å². The predicted octanol–water partition coefficient (Wildman–Crippen LogP) is 2.41. The van der Waals surface area contributed by atoms with E-state index in [1.807, 2.05) is 0 Å². The molecule has 0 unspecified atom stereocenters. The summed E-state index contributed by atoms with van der Waals surface area (Å²) in [6.45, 7) is 2.73. The number of nitrogens with zero attached hydrogens (tertiary/aromatic N) is 1. The molecule has 0 spiro atoms. The lowest BCUT2D eigenvalue weighted by atomic mass is 9.95. The van der Waals surface area contributed by atoms with E-state index in [2.05, 4.69) is 15.5 Å². The van der Waals surface area contributed by atoms with Crippen molar-refractivity contribution in [3.05, 3.63) is 18.2 Å². The van der Waals surface area contributed by atoms with Crippen molar-refractivity contribution in [1.82, 2.24) is 10.2 Å². The topological polar surface area (TPSA) is 79.9 Å². The van der Waals surface area contributed by atoms with Gasteiger partial charge in [-0.25, -0.2) is 0 Å². The summed E-state index contributed by atoms with van der Waals surface area (Å²) in [7, 11) is 3.05. The van der Waals surface area contributed by atoms with E-state index in [1.165, 1.54) is 39.9 Å². The number of anilines is 1. The van der Waals surface area contributed by atoms with Gasteiger partial charge in [0.2, 0.25) is 0 Å². The van der Waals surface area contributed by atoms with Crippen molar-refractivity contribution in [1.29, 1.82) is 0 Å². The molecule has 28 heavy (non-hydrogen) atoms. The van der Waals surface area contributed by atoms with Gasteiger partial charge in [0.15, 0.2) is 0 Å². The Hall–Kier alpha value is -2.28. The summed E-state index contributed by atoms with van der Waals surface area (Å²) in [6, 6.07) is 5.80. The van der Waals surface area contributed by atoms with Gasteiger partial charge >= 0.3 is 11.8 Å². The van der Waals surface area contributed by atoms with Crippen LogP contribution in [0.15, 0.2) is 18.2 Å². The average Bonchev–Trinajstić information content (AvgIpc) is 3.27. The zero-order valence-electron chi connectivity index (χ0n) is 16.8. The third-order valence-electron chi connectivity index (χ3n) is 5.90. The molecule has 2 fully saturated rings. The Morgan fingerprint density at radius 2 is 1.75 bits per heavy atom. The summed E-state index contributed by atoms with van der Waals surface area (Å²) in [5.41, 5.74) is 0.409. The predicted molar refractivity (Wildman–Crippen MR) is 108 cm³/mol. The molecule has 1 heterocycles. The lowest BCUT2D eigenvalue weighted by Crippen LogP contribution is -2.44. The molecule has 7 heteroatoms. The number of likely N-dealkylation sites (tertiary alicyclic amines) is 1. The molecule has 2 amide bonds. The van der Waals surface area contributed by atoms with E-state index in [1.54, 1.807) is 18.2 Å². The molecule has 1 aliphatic carbocycles. The number of methoxy groups -OCH3 is 2. The molecule has 0 atom stereocenters. The van der Waals surface area contributed by atoms with Gasteiger partial charge in [-0.1, -0.05) is 12.8 Å². The number of piperidine rings is 1. The van der Waals surface area contributed by atoms with E-state index in [4.69, 9.17) is 9.47 Å². The van der Waals surface area contributed by atoms with Gasteiger partial charge in [-0.2, -0.15) is 0 Å². The molecular formula is C21H31N3O4. The highest BCUT2D eigenvalue weighted by atomic mass is 16.5. The van der Waals surface area contributed by atoms with E-state index in [-0.39, 0.29) is 0 Å². The van der Waals surface area contributed by atoms with Crippen molar-refractivity contribution < 1.29 is 19.1 Å². The Morgan fingerprint density at radius 1 is 1.04 bits per heavy atom. The van der Waals surface area contributed by atoms with Crippen LogP contribution in [0, 0.1) is 5.92 Å². The number of amides is 2. The van der Waals surface area contributed by atoms with Crippen molar-refractivity contribution in [2.24, 2.45) is 5.92 Å². The van der Waals surface area contributed by atoms with Crippen LogP contribution >= 0.6 is 0 Å². The maximum Gasteiger partial charge on any atom is 0.313 e. The lowest BCUT2D eigenvalue weighted by Gasteiger charge is -2.36. The maximum atomic E-state index is 12.3. The van der Waals surface area contributed by atoms with Crippen molar-refractivity contribution in [2.75, 3.05) is 39.2 Å². The minimum absolute atomic E-state index is 0.409. The summed E-state index contributed by atoms with van der Waals surface area (Å²) < 4.78 is 10.4. The van der Waals surface area contributed by atoms with E-state index >= 15 is 0 Å². The second-order valence-electron chi connectivity index (χ2n) is 7.65. The maximum absolute atomic E-state index is 12.3. The summed E-state index contributed by atoms with van der Waals surface area (Å²) in [5.74, 6) is 0.158.